The van der Waals surface area contributed by atoms with Gasteiger partial charge >= 0.3 is 62.0 Å². The normalized spacial score (nSPS) is 7.38. The van der Waals surface area contributed by atoms with E-state index < -0.39 is 7.82 Å². The first-order valence-electron chi connectivity index (χ1n) is 0.730. The van der Waals surface area contributed by atoms with Crippen molar-refractivity contribution in [1.82, 2.24) is 0 Å². The smallest absolute Gasteiger partial charge is 1.00 e. The van der Waals surface area contributed by atoms with E-state index in [-0.39, 0.29) is 66.7 Å². The van der Waals surface area contributed by atoms with Gasteiger partial charge in [0.25, 0.3) is 0 Å². The molecule has 40 valence electrons. The Morgan fingerprint density at radius 2 is 1.12 bits per heavy atom. The summed E-state index contributed by atoms with van der Waals surface area (Å²) >= 11 is 0. The van der Waals surface area contributed by atoms with Gasteiger partial charge in [-0.3, -0.25) is 0 Å². The first kappa shape index (κ1) is 22.5. The Kier molecular flexibility index (Phi) is 25.4. The average molecular weight is 162 g/mol. The van der Waals surface area contributed by atoms with Crippen LogP contribution in [-0.4, -0.2) is 0 Å². The molecule has 0 radical (unpaired) electrons. The van der Waals surface area contributed by atoms with Gasteiger partial charge in [-0.2, -0.15) is 7.82 Å². The molecule has 0 aliphatic carbocycles. The van der Waals surface area contributed by atoms with E-state index >= 15 is 0 Å². The largest absolute Gasteiger partial charge is 1.00 e. The van der Waals surface area contributed by atoms with E-state index in [1.54, 1.807) is 0 Å². The molecule has 0 rings (SSSR count). The maximum absolute atomic E-state index is 8.55. The van der Waals surface area contributed by atoms with Crippen molar-refractivity contribution in [1.29, 1.82) is 0 Å². The summed E-state index contributed by atoms with van der Waals surface area (Å²) in [7, 11) is -5.39. The fourth-order valence-corrected chi connectivity index (χ4v) is 0. The number of hydrogen-bond acceptors (Lipinski definition) is 4. The zero-order valence-corrected chi connectivity index (χ0v) is 9.35. The summed E-state index contributed by atoms with van der Waals surface area (Å²) in [4.78, 5) is 25.6. The fourth-order valence-electron chi connectivity index (χ4n) is 0. The van der Waals surface area contributed by atoms with Gasteiger partial charge in [0.2, 0.25) is 0 Å². The quantitative estimate of drug-likeness (QED) is 0.261. The average Bonchev–Trinajstić information content (AvgIpc) is 0.722. The van der Waals surface area contributed by atoms with Crippen molar-refractivity contribution < 1.29 is 85.9 Å². The molecule has 4 nitrogen and oxygen atoms in total. The van der Waals surface area contributed by atoms with Crippen LogP contribution < -0.4 is 78.5 Å². The molecule has 8 heteroatoms. The molecular formula is H2FNa2O4P. The van der Waals surface area contributed by atoms with Crippen LogP contribution in [0, 0.1) is 0 Å². The Hall–Kier alpha value is 2.04. The van der Waals surface area contributed by atoms with Gasteiger partial charge in [0, 0.05) is 0 Å². The summed E-state index contributed by atoms with van der Waals surface area (Å²) in [6, 6.07) is 0. The summed E-state index contributed by atoms with van der Waals surface area (Å²) in [5.41, 5.74) is 0. The molecule has 0 aromatic heterocycles. The maximum atomic E-state index is 8.55. The van der Waals surface area contributed by atoms with Gasteiger partial charge < -0.3 is 23.9 Å². The minimum absolute atomic E-state index is 0. The molecule has 8 heavy (non-hydrogen) atoms. The third-order valence-corrected chi connectivity index (χ3v) is 0. The third kappa shape index (κ3) is 95.8. The van der Waals surface area contributed by atoms with Crippen molar-refractivity contribution in [3.05, 3.63) is 0 Å². The number of rotatable bonds is 0. The predicted octanol–water partition coefficient (Wildman–Crippen LogP) is -11.6. The van der Waals surface area contributed by atoms with Crippen molar-refractivity contribution in [2.45, 2.75) is 0 Å². The molecule has 0 bridgehead atoms. The van der Waals surface area contributed by atoms with Gasteiger partial charge in [0.05, 0.1) is 0 Å². The van der Waals surface area contributed by atoms with E-state index in [4.69, 9.17) is 19.2 Å². The van der Waals surface area contributed by atoms with Crippen LogP contribution in [0.5, 0.6) is 0 Å². The SMILES string of the molecule is O=P([O-])([O-])[O-].[F-].[H+].[H+].[Na+].[Na+]. The summed E-state index contributed by atoms with van der Waals surface area (Å²) in [6.45, 7) is 0. The van der Waals surface area contributed by atoms with Crippen LogP contribution in [-0.2, 0) is 4.57 Å². The van der Waals surface area contributed by atoms with E-state index in [9.17, 15) is 0 Å². The van der Waals surface area contributed by atoms with E-state index in [1.807, 2.05) is 0 Å². The topological polar surface area (TPSA) is 86.2 Å². The van der Waals surface area contributed by atoms with Crippen molar-refractivity contribution in [2.75, 3.05) is 0 Å². The maximum Gasteiger partial charge on any atom is 1.00 e. The molecule has 0 saturated carbocycles. The summed E-state index contributed by atoms with van der Waals surface area (Å²) < 4.78 is 8.55. The molecule has 0 aliphatic rings. The molecule has 0 amide bonds. The van der Waals surface area contributed by atoms with Gasteiger partial charge in [-0.05, 0) is 0 Å². The van der Waals surface area contributed by atoms with Gasteiger partial charge in [-0.1, -0.05) is 0 Å². The standard InChI is InChI=1S/FH.2Na.H3O4P/c;;;1-5(2,3)4/h1H;;;(H3,1,2,3,4)/q;2*+1;/p-2. The van der Waals surface area contributed by atoms with Gasteiger partial charge in [-0.15, -0.1) is 0 Å². The first-order valence-corrected chi connectivity index (χ1v) is 2.19. The van der Waals surface area contributed by atoms with Crippen LogP contribution in [0.3, 0.4) is 0 Å². The van der Waals surface area contributed by atoms with Crippen LogP contribution in [0.1, 0.15) is 2.85 Å². The molecule has 0 aromatic carbocycles. The molecule has 0 aliphatic heterocycles. The second-order valence-corrected chi connectivity index (χ2v) is 1.34. The van der Waals surface area contributed by atoms with Crippen LogP contribution in [0.2, 0.25) is 0 Å². The predicted molar refractivity (Wildman–Crippen MR) is 9.83 cm³/mol. The van der Waals surface area contributed by atoms with Crippen molar-refractivity contribution in [3.63, 3.8) is 0 Å². The number of hydrogen-bond donors (Lipinski definition) is 0. The molecular weight excluding hydrogens is 160 g/mol. The third-order valence-electron chi connectivity index (χ3n) is 0. The molecule has 0 saturated heterocycles. The zero-order chi connectivity index (χ0) is 4.50. The van der Waals surface area contributed by atoms with E-state index in [1.165, 1.54) is 0 Å². The monoisotopic (exact) mass is 162 g/mol. The molecule has 0 atom stereocenters. The Bertz CT molecular complexity index is 67.4. The summed E-state index contributed by atoms with van der Waals surface area (Å²) in [5, 5.41) is 0. The van der Waals surface area contributed by atoms with Crippen molar-refractivity contribution in [3.8, 4) is 0 Å². The van der Waals surface area contributed by atoms with Gasteiger partial charge in [0.1, 0.15) is 0 Å². The zero-order valence-electron chi connectivity index (χ0n) is 6.46. The van der Waals surface area contributed by atoms with E-state index in [2.05, 4.69) is 0 Å². The summed E-state index contributed by atoms with van der Waals surface area (Å²) in [5.74, 6) is 0. The molecule has 0 spiro atoms. The number of halogens is 1. The van der Waals surface area contributed by atoms with Crippen LogP contribution >= 0.6 is 7.82 Å². The minimum atomic E-state index is -5.39. The Labute approximate surface area is 92.8 Å². The molecule has 0 heterocycles. The van der Waals surface area contributed by atoms with Gasteiger partial charge in [0.15, 0.2) is 0 Å². The Balaban J connectivity index is -0.00000000800. The van der Waals surface area contributed by atoms with E-state index in [0.29, 0.717) is 0 Å². The van der Waals surface area contributed by atoms with Crippen LogP contribution in [0.4, 0.5) is 0 Å². The van der Waals surface area contributed by atoms with Crippen molar-refractivity contribution in [2.24, 2.45) is 0 Å². The molecule has 0 fully saturated rings. The minimum Gasteiger partial charge on any atom is -1.00 e. The second-order valence-electron chi connectivity index (χ2n) is 0.447. The molecule has 0 N–H and O–H groups in total. The van der Waals surface area contributed by atoms with Gasteiger partial charge in [-0.25, -0.2) is 0 Å². The first-order chi connectivity index (χ1) is 2.00. The summed E-state index contributed by atoms with van der Waals surface area (Å²) in [6.07, 6.45) is 0. The van der Waals surface area contributed by atoms with E-state index in [0.717, 1.165) is 0 Å². The Morgan fingerprint density at radius 3 is 1.12 bits per heavy atom. The van der Waals surface area contributed by atoms with Crippen LogP contribution in [0.25, 0.3) is 0 Å². The molecule has 0 unspecified atom stereocenters. The fraction of sp³-hybridized carbons (Fsp3) is 0. The Morgan fingerprint density at radius 1 is 1.12 bits per heavy atom. The number of phosphoric acid groups is 1. The van der Waals surface area contributed by atoms with Crippen molar-refractivity contribution >= 4 is 7.82 Å². The van der Waals surface area contributed by atoms with Crippen LogP contribution in [0.15, 0.2) is 0 Å². The molecule has 0 aromatic rings. The second kappa shape index (κ2) is 9.04.